The summed E-state index contributed by atoms with van der Waals surface area (Å²) in [4.78, 5) is 0. The van der Waals surface area contributed by atoms with Crippen LogP contribution in [0.3, 0.4) is 0 Å². The van der Waals surface area contributed by atoms with Crippen molar-refractivity contribution in [2.45, 2.75) is 20.3 Å². The summed E-state index contributed by atoms with van der Waals surface area (Å²) in [5.41, 5.74) is 0.771. The van der Waals surface area contributed by atoms with Gasteiger partial charge in [-0.3, -0.25) is 0 Å². The largest absolute Gasteiger partial charge is 0.167 e. The van der Waals surface area contributed by atoms with Crippen molar-refractivity contribution in [3.63, 3.8) is 0 Å². The fraction of sp³-hybridized carbons (Fsp3) is 0.273. The molecule has 0 atom stereocenters. The Balaban J connectivity index is 0. The Bertz CT molecular complexity index is 180. The minimum absolute atomic E-state index is 0.771. The van der Waals surface area contributed by atoms with Crippen LogP contribution >= 0.6 is 0 Å². The lowest BCUT2D eigenvalue weighted by atomic mass is 10.3. The third kappa shape index (κ3) is 18.0. The highest BCUT2D eigenvalue weighted by Crippen LogP contribution is 1.88. The second-order valence-corrected chi connectivity index (χ2v) is 2.26. The fourth-order valence-corrected chi connectivity index (χ4v) is 0.350. The zero-order valence-electron chi connectivity index (χ0n) is 8.53. The highest BCUT2D eigenvalue weighted by Gasteiger charge is 1.75. The van der Waals surface area contributed by atoms with Crippen molar-refractivity contribution in [2.24, 2.45) is 10.2 Å². The van der Waals surface area contributed by atoms with Gasteiger partial charge in [0.2, 0.25) is 0 Å². The lowest BCUT2D eigenvalue weighted by Crippen LogP contribution is -1.73. The second-order valence-electron chi connectivity index (χ2n) is 2.26. The van der Waals surface area contributed by atoms with Crippen molar-refractivity contribution >= 4 is 12.9 Å². The molecule has 0 saturated heterocycles. The van der Waals surface area contributed by atoms with E-state index >= 15 is 0 Å². The predicted molar refractivity (Wildman–Crippen MR) is 62.5 cm³/mol. The van der Waals surface area contributed by atoms with E-state index in [1.165, 1.54) is 12.6 Å². The molecule has 0 unspecified atom stereocenters. The Morgan fingerprint density at radius 3 is 2.31 bits per heavy atom. The van der Waals surface area contributed by atoms with Crippen LogP contribution in [0, 0.1) is 0 Å². The summed E-state index contributed by atoms with van der Waals surface area (Å²) in [5, 5.41) is 6.81. The van der Waals surface area contributed by atoms with Gasteiger partial charge >= 0.3 is 0 Å². The van der Waals surface area contributed by atoms with Gasteiger partial charge in [0.25, 0.3) is 0 Å². The van der Waals surface area contributed by atoms with Crippen LogP contribution in [0.25, 0.3) is 0 Å². The molecule has 0 heterocycles. The molecule has 0 bridgehead atoms. The molecule has 0 N–H and O–H groups in total. The van der Waals surface area contributed by atoms with Crippen LogP contribution in [0.15, 0.2) is 47.2 Å². The quantitative estimate of drug-likeness (QED) is 0.358. The molecule has 0 aromatic rings. The van der Waals surface area contributed by atoms with Crippen molar-refractivity contribution in [1.29, 1.82) is 0 Å². The first-order valence-electron chi connectivity index (χ1n) is 4.19. The van der Waals surface area contributed by atoms with Crippen molar-refractivity contribution in [2.75, 3.05) is 0 Å². The molecule has 0 aliphatic carbocycles. The number of nitrogens with zero attached hydrogens (tertiary/aromatic N) is 2. The van der Waals surface area contributed by atoms with Crippen LogP contribution in [-0.2, 0) is 0 Å². The van der Waals surface area contributed by atoms with E-state index in [-0.39, 0.29) is 0 Å². The van der Waals surface area contributed by atoms with Crippen molar-refractivity contribution in [3.05, 3.63) is 37.0 Å². The molecule has 0 amide bonds. The monoisotopic (exact) mass is 178 g/mol. The van der Waals surface area contributed by atoms with Crippen LogP contribution in [0.4, 0.5) is 0 Å². The maximum Gasteiger partial charge on any atom is 0.0561 e. The molecule has 0 spiro atoms. The molecule has 0 aliphatic heterocycles. The topological polar surface area (TPSA) is 24.7 Å². The van der Waals surface area contributed by atoms with Gasteiger partial charge in [0.05, 0.1) is 6.21 Å². The lowest BCUT2D eigenvalue weighted by Gasteiger charge is -1.82. The Morgan fingerprint density at radius 2 is 1.92 bits per heavy atom. The van der Waals surface area contributed by atoms with Gasteiger partial charge in [-0.1, -0.05) is 51.7 Å². The van der Waals surface area contributed by atoms with E-state index in [4.69, 9.17) is 0 Å². The first-order valence-corrected chi connectivity index (χ1v) is 4.19. The van der Waals surface area contributed by atoms with Crippen LogP contribution in [0.5, 0.6) is 0 Å². The molecule has 2 heteroatoms. The third-order valence-electron chi connectivity index (χ3n) is 0.752. The predicted octanol–water partition coefficient (Wildman–Crippen LogP) is 3.39. The molecule has 13 heavy (non-hydrogen) atoms. The number of hydrogen-bond acceptors (Lipinski definition) is 2. The van der Waals surface area contributed by atoms with E-state index < -0.39 is 0 Å². The Morgan fingerprint density at radius 1 is 1.38 bits per heavy atom. The molecule has 0 rings (SSSR count). The van der Waals surface area contributed by atoms with Gasteiger partial charge in [0.1, 0.15) is 0 Å². The Kier molecular flexibility index (Phi) is 14.3. The summed E-state index contributed by atoms with van der Waals surface area (Å²) in [6.45, 7) is 14.6. The van der Waals surface area contributed by atoms with Crippen molar-refractivity contribution in [1.82, 2.24) is 0 Å². The first kappa shape index (κ1) is 14.1. The zero-order valence-corrected chi connectivity index (χ0v) is 8.53. The highest BCUT2D eigenvalue weighted by atomic mass is 15.2. The minimum atomic E-state index is 0.771. The standard InChI is InChI=1S/C8H10N2.C3H8/c1-4-5-6-8(2)7-10-9-3;1-3-2/h4-7H,1-3H2;3H2,1-2H3/b6-5-,10-7-;. The molecule has 0 radical (unpaired) electrons. The minimum Gasteiger partial charge on any atom is -0.167 e. The average Bonchev–Trinajstić information content (AvgIpc) is 2.12. The molecular formula is C11H18N2. The summed E-state index contributed by atoms with van der Waals surface area (Å²) < 4.78 is 0. The van der Waals surface area contributed by atoms with Gasteiger partial charge in [-0.25, -0.2) is 0 Å². The molecule has 0 aromatic heterocycles. The fourth-order valence-electron chi connectivity index (χ4n) is 0.350. The van der Waals surface area contributed by atoms with E-state index in [1.54, 1.807) is 18.2 Å². The van der Waals surface area contributed by atoms with Gasteiger partial charge in [0, 0.05) is 6.72 Å². The van der Waals surface area contributed by atoms with E-state index in [1.807, 2.05) is 0 Å². The molecule has 0 saturated carbocycles. The van der Waals surface area contributed by atoms with Crippen LogP contribution in [0.2, 0.25) is 0 Å². The number of allylic oxidation sites excluding steroid dienone is 4. The SMILES string of the molecule is C=C/C=C\C(=C)/C=N\N=C.CCC. The summed E-state index contributed by atoms with van der Waals surface area (Å²) in [6, 6.07) is 0. The van der Waals surface area contributed by atoms with Crippen LogP contribution < -0.4 is 0 Å². The van der Waals surface area contributed by atoms with Gasteiger partial charge in [-0.05, 0) is 5.57 Å². The number of hydrogen-bond donors (Lipinski definition) is 0. The highest BCUT2D eigenvalue weighted by molar-refractivity contribution is 5.81. The second kappa shape index (κ2) is 13.2. The maximum absolute atomic E-state index is 3.66. The third-order valence-corrected chi connectivity index (χ3v) is 0.752. The Labute approximate surface area is 81.1 Å². The normalized spacial score (nSPS) is 9.38. The van der Waals surface area contributed by atoms with E-state index in [0.29, 0.717) is 0 Å². The van der Waals surface area contributed by atoms with E-state index in [2.05, 4.69) is 43.9 Å². The van der Waals surface area contributed by atoms with Gasteiger partial charge in [0.15, 0.2) is 0 Å². The summed E-state index contributed by atoms with van der Waals surface area (Å²) in [6.07, 6.45) is 7.99. The zero-order chi connectivity index (χ0) is 10.5. The molecule has 0 aromatic carbocycles. The molecule has 0 fully saturated rings. The number of rotatable bonds is 4. The molecule has 2 nitrogen and oxygen atoms in total. The van der Waals surface area contributed by atoms with Gasteiger partial charge in [-0.2, -0.15) is 10.2 Å². The van der Waals surface area contributed by atoms with Gasteiger partial charge < -0.3 is 0 Å². The maximum atomic E-state index is 3.66. The smallest absolute Gasteiger partial charge is 0.0561 e. The molecule has 72 valence electrons. The van der Waals surface area contributed by atoms with Crippen molar-refractivity contribution in [3.8, 4) is 0 Å². The van der Waals surface area contributed by atoms with E-state index in [0.717, 1.165) is 5.57 Å². The van der Waals surface area contributed by atoms with Crippen molar-refractivity contribution < 1.29 is 0 Å². The Hall–Kier alpha value is -1.44. The summed E-state index contributed by atoms with van der Waals surface area (Å²) in [7, 11) is 0. The average molecular weight is 178 g/mol. The van der Waals surface area contributed by atoms with Crippen LogP contribution in [-0.4, -0.2) is 12.9 Å². The summed E-state index contributed by atoms with van der Waals surface area (Å²) >= 11 is 0. The molecule has 0 aliphatic rings. The van der Waals surface area contributed by atoms with E-state index in [9.17, 15) is 0 Å². The van der Waals surface area contributed by atoms with Crippen LogP contribution in [0.1, 0.15) is 20.3 Å². The lowest BCUT2D eigenvalue weighted by molar-refractivity contribution is 1.09. The van der Waals surface area contributed by atoms with Gasteiger partial charge in [-0.15, -0.1) is 0 Å². The summed E-state index contributed by atoms with van der Waals surface area (Å²) in [5.74, 6) is 0. The molecular weight excluding hydrogens is 160 g/mol. The first-order chi connectivity index (χ1) is 6.22.